The number of nitrogens with one attached hydrogen (secondary N) is 2. The number of hydrogen-bond acceptors (Lipinski definition) is 6. The van der Waals surface area contributed by atoms with Gasteiger partial charge in [0.15, 0.2) is 11.5 Å². The van der Waals surface area contributed by atoms with Crippen molar-refractivity contribution in [2.45, 2.75) is 37.9 Å². The van der Waals surface area contributed by atoms with Gasteiger partial charge in [0.2, 0.25) is 11.8 Å². The number of carbonyl (C=O) groups is 3. The van der Waals surface area contributed by atoms with Crippen molar-refractivity contribution < 1.29 is 29.0 Å². The largest absolute Gasteiger partial charge is 0.490 e. The summed E-state index contributed by atoms with van der Waals surface area (Å²) in [5.41, 5.74) is 1.37. The highest BCUT2D eigenvalue weighted by Gasteiger charge is 2.46. The number of hydrogen-bond donors (Lipinski definition) is 3. The number of aliphatic carboxylic acids is 1. The first kappa shape index (κ1) is 22.6. The van der Waals surface area contributed by atoms with Crippen molar-refractivity contribution in [3.8, 4) is 11.5 Å². The first-order valence-corrected chi connectivity index (χ1v) is 10.9. The van der Waals surface area contributed by atoms with E-state index < -0.39 is 24.1 Å². The fraction of sp³-hybridized carbons (Fsp3) is 0.375. The van der Waals surface area contributed by atoms with E-state index in [9.17, 15) is 19.5 Å². The molecule has 4 rings (SSSR count). The Morgan fingerprint density at radius 3 is 2.48 bits per heavy atom. The van der Waals surface area contributed by atoms with Crippen LogP contribution in [0.2, 0.25) is 0 Å². The number of benzene rings is 2. The van der Waals surface area contributed by atoms with Gasteiger partial charge in [0, 0.05) is 25.1 Å². The van der Waals surface area contributed by atoms with Gasteiger partial charge in [0.25, 0.3) is 0 Å². The van der Waals surface area contributed by atoms with E-state index in [1.807, 2.05) is 30.3 Å². The van der Waals surface area contributed by atoms with Crippen LogP contribution in [0.3, 0.4) is 0 Å². The van der Waals surface area contributed by atoms with Crippen LogP contribution >= 0.6 is 0 Å². The monoisotopic (exact) mass is 453 g/mol. The number of fused-ring (bicyclic) bond motifs is 1. The topological polar surface area (TPSA) is 117 Å². The highest BCUT2D eigenvalue weighted by molar-refractivity contribution is 5.93. The predicted octanol–water partition coefficient (Wildman–Crippen LogP) is 2.19. The molecule has 174 valence electrons. The number of amides is 2. The third-order valence-electron chi connectivity index (χ3n) is 5.79. The number of anilines is 1. The molecule has 2 heterocycles. The second kappa shape index (κ2) is 9.91. The van der Waals surface area contributed by atoms with E-state index in [4.69, 9.17) is 9.47 Å². The van der Waals surface area contributed by atoms with Gasteiger partial charge in [-0.1, -0.05) is 30.3 Å². The molecule has 2 aromatic carbocycles. The molecule has 0 bridgehead atoms. The molecule has 3 N–H and O–H groups in total. The molecular weight excluding hydrogens is 426 g/mol. The van der Waals surface area contributed by atoms with Crippen LogP contribution in [-0.2, 0) is 14.4 Å². The summed E-state index contributed by atoms with van der Waals surface area (Å²) in [7, 11) is 0. The molecule has 33 heavy (non-hydrogen) atoms. The van der Waals surface area contributed by atoms with E-state index in [1.54, 1.807) is 23.1 Å². The summed E-state index contributed by atoms with van der Waals surface area (Å²) in [4.78, 5) is 38.4. The molecule has 0 saturated carbocycles. The summed E-state index contributed by atoms with van der Waals surface area (Å²) < 4.78 is 11.3. The lowest BCUT2D eigenvalue weighted by Crippen LogP contribution is -2.44. The molecule has 3 atom stereocenters. The van der Waals surface area contributed by atoms with Crippen LogP contribution in [-0.4, -0.2) is 59.6 Å². The summed E-state index contributed by atoms with van der Waals surface area (Å²) >= 11 is 0. The number of carboxylic acids is 1. The summed E-state index contributed by atoms with van der Waals surface area (Å²) in [5.74, 6) is -0.461. The minimum Gasteiger partial charge on any atom is -0.490 e. The summed E-state index contributed by atoms with van der Waals surface area (Å²) in [6.45, 7) is 2.35. The van der Waals surface area contributed by atoms with Crippen LogP contribution in [0.25, 0.3) is 0 Å². The van der Waals surface area contributed by atoms with E-state index in [2.05, 4.69) is 10.6 Å². The molecule has 2 amide bonds. The zero-order chi connectivity index (χ0) is 23.4. The van der Waals surface area contributed by atoms with Crippen molar-refractivity contribution >= 4 is 23.5 Å². The number of ether oxygens (including phenoxy) is 2. The highest BCUT2D eigenvalue weighted by Crippen LogP contribution is 2.37. The molecule has 0 aliphatic carbocycles. The number of rotatable bonds is 6. The van der Waals surface area contributed by atoms with Gasteiger partial charge in [-0.05, 0) is 24.1 Å². The van der Waals surface area contributed by atoms with E-state index >= 15 is 0 Å². The Bertz CT molecular complexity index is 1030. The average molecular weight is 453 g/mol. The van der Waals surface area contributed by atoms with Gasteiger partial charge in [0.05, 0.1) is 31.8 Å². The second-order valence-electron chi connectivity index (χ2n) is 8.18. The van der Waals surface area contributed by atoms with E-state index in [0.717, 1.165) is 12.0 Å². The first-order valence-electron chi connectivity index (χ1n) is 10.9. The number of nitrogens with zero attached hydrogens (tertiary/aromatic N) is 1. The van der Waals surface area contributed by atoms with E-state index in [-0.39, 0.29) is 24.8 Å². The van der Waals surface area contributed by atoms with Crippen LogP contribution < -0.4 is 20.1 Å². The Morgan fingerprint density at radius 1 is 1.06 bits per heavy atom. The molecule has 1 fully saturated rings. The van der Waals surface area contributed by atoms with Crippen molar-refractivity contribution in [3.05, 3.63) is 54.1 Å². The Balaban J connectivity index is 1.55. The summed E-state index contributed by atoms with van der Waals surface area (Å²) in [6.07, 6.45) is 0.976. The molecule has 2 aliphatic heterocycles. The Hall–Kier alpha value is -3.59. The summed E-state index contributed by atoms with van der Waals surface area (Å²) in [5, 5.41) is 15.5. The molecule has 9 nitrogen and oxygen atoms in total. The van der Waals surface area contributed by atoms with Crippen molar-refractivity contribution in [2.75, 3.05) is 25.1 Å². The van der Waals surface area contributed by atoms with Gasteiger partial charge < -0.3 is 25.2 Å². The molecule has 0 aromatic heterocycles. The van der Waals surface area contributed by atoms with Gasteiger partial charge in [0.1, 0.15) is 6.04 Å². The quantitative estimate of drug-likeness (QED) is 0.614. The van der Waals surface area contributed by atoms with Gasteiger partial charge >= 0.3 is 5.97 Å². The van der Waals surface area contributed by atoms with Crippen molar-refractivity contribution in [2.24, 2.45) is 0 Å². The van der Waals surface area contributed by atoms with E-state index in [0.29, 0.717) is 30.4 Å². The minimum atomic E-state index is -1.04. The van der Waals surface area contributed by atoms with E-state index in [1.165, 1.54) is 6.92 Å². The van der Waals surface area contributed by atoms with Crippen LogP contribution in [0.5, 0.6) is 11.5 Å². The third-order valence-corrected chi connectivity index (χ3v) is 5.79. The summed E-state index contributed by atoms with van der Waals surface area (Å²) in [6, 6.07) is 12.7. The standard InChI is InChI=1S/C24H27N3O6/c1-15(28)25-18-13-19(24(30)31)27(23(18)16-6-3-2-4-7-16)14-22(29)26-17-8-9-20-21(12-17)33-11-5-10-32-20/h2-4,6-9,12,18-19,23H,5,10-11,13-14H2,1H3,(H,25,28)(H,26,29)(H,30,31)/t18-,19-,23-/m0/s1. The highest BCUT2D eigenvalue weighted by atomic mass is 16.5. The minimum absolute atomic E-state index is 0.152. The maximum atomic E-state index is 13.0. The lowest BCUT2D eigenvalue weighted by molar-refractivity contribution is -0.143. The zero-order valence-electron chi connectivity index (χ0n) is 18.3. The lowest BCUT2D eigenvalue weighted by atomic mass is 9.99. The average Bonchev–Trinajstić information content (AvgIpc) is 2.96. The fourth-order valence-electron chi connectivity index (χ4n) is 4.46. The molecule has 2 aliphatic rings. The Labute approximate surface area is 191 Å². The van der Waals surface area contributed by atoms with Crippen molar-refractivity contribution in [1.82, 2.24) is 10.2 Å². The first-order chi connectivity index (χ1) is 15.9. The van der Waals surface area contributed by atoms with Crippen LogP contribution in [0.4, 0.5) is 5.69 Å². The van der Waals surface area contributed by atoms with Gasteiger partial charge in [-0.25, -0.2) is 0 Å². The van der Waals surface area contributed by atoms with Gasteiger partial charge in [-0.3, -0.25) is 19.3 Å². The zero-order valence-corrected chi connectivity index (χ0v) is 18.3. The van der Waals surface area contributed by atoms with Crippen LogP contribution in [0.15, 0.2) is 48.5 Å². The molecule has 9 heteroatoms. The third kappa shape index (κ3) is 5.25. The second-order valence-corrected chi connectivity index (χ2v) is 8.18. The number of carbonyl (C=O) groups excluding carboxylic acids is 2. The molecule has 0 spiro atoms. The van der Waals surface area contributed by atoms with Crippen molar-refractivity contribution in [1.29, 1.82) is 0 Å². The van der Waals surface area contributed by atoms with Gasteiger partial charge in [-0.2, -0.15) is 0 Å². The molecule has 2 aromatic rings. The number of likely N-dealkylation sites (tertiary alicyclic amines) is 1. The maximum absolute atomic E-state index is 13.0. The molecule has 1 saturated heterocycles. The van der Waals surface area contributed by atoms with Crippen molar-refractivity contribution in [3.63, 3.8) is 0 Å². The van der Waals surface area contributed by atoms with Gasteiger partial charge in [-0.15, -0.1) is 0 Å². The normalized spacial score (nSPS) is 22.3. The van der Waals surface area contributed by atoms with Crippen LogP contribution in [0.1, 0.15) is 31.4 Å². The maximum Gasteiger partial charge on any atom is 0.321 e. The molecule has 0 radical (unpaired) electrons. The Kier molecular flexibility index (Phi) is 6.79. The molecular formula is C24H27N3O6. The fourth-order valence-corrected chi connectivity index (χ4v) is 4.46. The smallest absolute Gasteiger partial charge is 0.321 e. The SMILES string of the molecule is CC(=O)N[C@H]1C[C@@H](C(=O)O)N(CC(=O)Nc2ccc3c(c2)OCCCO3)[C@H]1c1ccccc1. The predicted molar refractivity (Wildman–Crippen MR) is 120 cm³/mol. The Morgan fingerprint density at radius 2 is 1.79 bits per heavy atom. The lowest BCUT2D eigenvalue weighted by Gasteiger charge is -2.30. The number of carboxylic acid groups (broad SMARTS) is 1. The van der Waals surface area contributed by atoms with Crippen LogP contribution in [0, 0.1) is 0 Å². The molecule has 0 unspecified atom stereocenters.